The molecule has 0 fully saturated rings. The summed E-state index contributed by atoms with van der Waals surface area (Å²) in [6.45, 7) is 4.57. The van der Waals surface area contributed by atoms with E-state index < -0.39 is 0 Å². The topological polar surface area (TPSA) is 12.0 Å². The second kappa shape index (κ2) is 6.21. The molecule has 1 aliphatic rings. The molecule has 96 valence electrons. The van der Waals surface area contributed by atoms with Crippen LogP contribution in [-0.2, 0) is 6.42 Å². The van der Waals surface area contributed by atoms with Gasteiger partial charge in [-0.25, -0.2) is 0 Å². The van der Waals surface area contributed by atoms with Crippen LogP contribution in [0.4, 0.5) is 0 Å². The third kappa shape index (κ3) is 3.46. The first-order chi connectivity index (χ1) is 8.20. The predicted octanol–water partition coefficient (Wildman–Crippen LogP) is 4.95. The van der Waals surface area contributed by atoms with E-state index in [0.29, 0.717) is 12.1 Å². The van der Waals surface area contributed by atoms with Crippen LogP contribution in [0.25, 0.3) is 0 Å². The Bertz CT molecular complexity index is 361. The molecular weight excluding hydrogens is 250 g/mol. The SMILES string of the molecule is CCCCCC(C)NC1CCc2sc(Cl)cc21. The highest BCUT2D eigenvalue weighted by Crippen LogP contribution is 2.39. The second-order valence-electron chi connectivity index (χ2n) is 5.08. The highest BCUT2D eigenvalue weighted by molar-refractivity contribution is 7.16. The zero-order chi connectivity index (χ0) is 12.3. The molecule has 1 nitrogen and oxygen atoms in total. The summed E-state index contributed by atoms with van der Waals surface area (Å²) in [5.41, 5.74) is 1.46. The fourth-order valence-corrected chi connectivity index (χ4v) is 3.99. The van der Waals surface area contributed by atoms with Crippen LogP contribution >= 0.6 is 22.9 Å². The number of halogens is 1. The Morgan fingerprint density at radius 3 is 3.12 bits per heavy atom. The van der Waals surface area contributed by atoms with Crippen LogP contribution < -0.4 is 5.32 Å². The normalized spacial score (nSPS) is 20.5. The summed E-state index contributed by atoms with van der Waals surface area (Å²) in [7, 11) is 0. The van der Waals surface area contributed by atoms with Gasteiger partial charge < -0.3 is 5.32 Å². The molecule has 0 amide bonds. The molecule has 2 atom stereocenters. The van der Waals surface area contributed by atoms with Gasteiger partial charge in [-0.3, -0.25) is 0 Å². The van der Waals surface area contributed by atoms with Crippen LogP contribution in [0.2, 0.25) is 4.34 Å². The van der Waals surface area contributed by atoms with Crippen molar-refractivity contribution < 1.29 is 0 Å². The number of unbranched alkanes of at least 4 members (excludes halogenated alkanes) is 2. The minimum atomic E-state index is 0.547. The van der Waals surface area contributed by atoms with Gasteiger partial charge in [0, 0.05) is 17.0 Å². The molecule has 2 unspecified atom stereocenters. The van der Waals surface area contributed by atoms with Gasteiger partial charge in [-0.2, -0.15) is 0 Å². The Balaban J connectivity index is 1.84. The molecule has 0 aromatic carbocycles. The first-order valence-electron chi connectivity index (χ1n) is 6.75. The largest absolute Gasteiger partial charge is 0.307 e. The first kappa shape index (κ1) is 13.4. The van der Waals surface area contributed by atoms with E-state index >= 15 is 0 Å². The Morgan fingerprint density at radius 2 is 2.35 bits per heavy atom. The van der Waals surface area contributed by atoms with Crippen LogP contribution in [0.15, 0.2) is 6.07 Å². The summed E-state index contributed by atoms with van der Waals surface area (Å²) >= 11 is 7.83. The highest BCUT2D eigenvalue weighted by atomic mass is 35.5. The summed E-state index contributed by atoms with van der Waals surface area (Å²) < 4.78 is 0.945. The van der Waals surface area contributed by atoms with Crippen molar-refractivity contribution >= 4 is 22.9 Å². The standard InChI is InChI=1S/C14H22ClNS/c1-3-4-5-6-10(2)16-12-7-8-13-11(12)9-14(15)17-13/h9-10,12,16H,3-8H2,1-2H3. The van der Waals surface area contributed by atoms with Gasteiger partial charge in [-0.05, 0) is 37.8 Å². The highest BCUT2D eigenvalue weighted by Gasteiger charge is 2.25. The maximum atomic E-state index is 6.07. The van der Waals surface area contributed by atoms with Crippen molar-refractivity contribution in [3.05, 3.63) is 20.8 Å². The third-order valence-corrected chi connectivity index (χ3v) is 4.91. The van der Waals surface area contributed by atoms with Gasteiger partial charge in [0.2, 0.25) is 0 Å². The van der Waals surface area contributed by atoms with Crippen molar-refractivity contribution in [3.8, 4) is 0 Å². The minimum Gasteiger partial charge on any atom is -0.307 e. The number of fused-ring (bicyclic) bond motifs is 1. The average Bonchev–Trinajstić information content (AvgIpc) is 2.80. The van der Waals surface area contributed by atoms with Crippen LogP contribution in [0, 0.1) is 0 Å². The van der Waals surface area contributed by atoms with Crippen molar-refractivity contribution in [1.82, 2.24) is 5.32 Å². The van der Waals surface area contributed by atoms with Crippen molar-refractivity contribution in [2.75, 3.05) is 0 Å². The van der Waals surface area contributed by atoms with Crippen molar-refractivity contribution in [1.29, 1.82) is 0 Å². The first-order valence-corrected chi connectivity index (χ1v) is 7.94. The fraction of sp³-hybridized carbons (Fsp3) is 0.714. The van der Waals surface area contributed by atoms with Gasteiger partial charge in [0.25, 0.3) is 0 Å². The van der Waals surface area contributed by atoms with Crippen molar-refractivity contribution in [3.63, 3.8) is 0 Å². The monoisotopic (exact) mass is 271 g/mol. The van der Waals surface area contributed by atoms with Crippen LogP contribution in [0.3, 0.4) is 0 Å². The van der Waals surface area contributed by atoms with E-state index in [9.17, 15) is 0 Å². The third-order valence-electron chi connectivity index (χ3n) is 3.57. The predicted molar refractivity (Wildman–Crippen MR) is 77.1 cm³/mol. The zero-order valence-electron chi connectivity index (χ0n) is 10.8. The Kier molecular flexibility index (Phi) is 4.89. The van der Waals surface area contributed by atoms with Gasteiger partial charge in [-0.15, -0.1) is 11.3 Å². The van der Waals surface area contributed by atoms with Gasteiger partial charge in [0.15, 0.2) is 0 Å². The maximum absolute atomic E-state index is 6.07. The van der Waals surface area contributed by atoms with E-state index in [2.05, 4.69) is 25.2 Å². The number of rotatable bonds is 6. The zero-order valence-corrected chi connectivity index (χ0v) is 12.3. The molecule has 0 saturated carbocycles. The van der Waals surface area contributed by atoms with Crippen molar-refractivity contribution in [2.24, 2.45) is 0 Å². The summed E-state index contributed by atoms with van der Waals surface area (Å²) in [5, 5.41) is 3.76. The second-order valence-corrected chi connectivity index (χ2v) is 6.85. The number of nitrogens with one attached hydrogen (secondary N) is 1. The number of hydrogen-bond acceptors (Lipinski definition) is 2. The summed E-state index contributed by atoms with van der Waals surface area (Å²) in [5.74, 6) is 0. The van der Waals surface area contributed by atoms with E-state index in [-0.39, 0.29) is 0 Å². The summed E-state index contributed by atoms with van der Waals surface area (Å²) in [6, 6.07) is 3.33. The molecule has 2 rings (SSSR count). The molecule has 1 aliphatic carbocycles. The lowest BCUT2D eigenvalue weighted by Gasteiger charge is -2.19. The van der Waals surface area contributed by atoms with Crippen molar-refractivity contribution in [2.45, 2.75) is 64.5 Å². The Morgan fingerprint density at radius 1 is 1.53 bits per heavy atom. The Labute approximate surface area is 114 Å². The maximum Gasteiger partial charge on any atom is 0.0934 e. The lowest BCUT2D eigenvalue weighted by Crippen LogP contribution is -2.29. The van der Waals surface area contributed by atoms with Gasteiger partial charge in [0.1, 0.15) is 0 Å². The molecule has 1 N–H and O–H groups in total. The molecule has 0 saturated heterocycles. The summed E-state index contributed by atoms with van der Waals surface area (Å²) in [6.07, 6.45) is 7.74. The minimum absolute atomic E-state index is 0.547. The fourth-order valence-electron chi connectivity index (χ4n) is 2.63. The Hall–Kier alpha value is -0.0500. The molecule has 1 aromatic rings. The van der Waals surface area contributed by atoms with E-state index in [0.717, 1.165) is 4.34 Å². The summed E-state index contributed by atoms with van der Waals surface area (Å²) in [4.78, 5) is 1.49. The quantitative estimate of drug-likeness (QED) is 0.722. The molecule has 1 heterocycles. The van der Waals surface area contributed by atoms with Gasteiger partial charge in [0.05, 0.1) is 4.34 Å². The molecule has 0 bridgehead atoms. The lowest BCUT2D eigenvalue weighted by atomic mass is 10.1. The molecule has 0 radical (unpaired) electrons. The molecule has 0 spiro atoms. The van der Waals surface area contributed by atoms with Crippen LogP contribution in [0.5, 0.6) is 0 Å². The van der Waals surface area contributed by atoms with Gasteiger partial charge >= 0.3 is 0 Å². The van der Waals surface area contributed by atoms with Gasteiger partial charge in [-0.1, -0.05) is 37.8 Å². The molecule has 3 heteroatoms. The lowest BCUT2D eigenvalue weighted by molar-refractivity contribution is 0.421. The number of aryl methyl sites for hydroxylation is 1. The van der Waals surface area contributed by atoms with E-state index in [1.165, 1.54) is 49.0 Å². The average molecular weight is 272 g/mol. The number of thiophene rings is 1. The smallest absolute Gasteiger partial charge is 0.0934 e. The van der Waals surface area contributed by atoms with E-state index in [1.807, 2.05) is 0 Å². The molecule has 17 heavy (non-hydrogen) atoms. The van der Waals surface area contributed by atoms with Crippen LogP contribution in [-0.4, -0.2) is 6.04 Å². The molecular formula is C14H22ClNS. The van der Waals surface area contributed by atoms with E-state index in [1.54, 1.807) is 11.3 Å². The molecule has 1 aromatic heterocycles. The van der Waals surface area contributed by atoms with E-state index in [4.69, 9.17) is 11.6 Å². The number of hydrogen-bond donors (Lipinski definition) is 1. The molecule has 0 aliphatic heterocycles. The van der Waals surface area contributed by atoms with Crippen LogP contribution in [0.1, 0.15) is 62.4 Å².